The summed E-state index contributed by atoms with van der Waals surface area (Å²) in [6, 6.07) is 4.84. The van der Waals surface area contributed by atoms with Crippen LogP contribution < -0.4 is 5.73 Å². The highest BCUT2D eigenvalue weighted by atomic mass is 15.2. The fourth-order valence-electron chi connectivity index (χ4n) is 2.65. The molecule has 0 spiro atoms. The van der Waals surface area contributed by atoms with Crippen LogP contribution in [-0.4, -0.2) is 35.6 Å². The van der Waals surface area contributed by atoms with Crippen LogP contribution in [0, 0.1) is 0 Å². The molecule has 0 aromatic carbocycles. The molecule has 2 atom stereocenters. The second-order valence-corrected chi connectivity index (χ2v) is 5.06. The standard InChI is InChI=1S/C14H23N3/c1-12-5-2-3-8-17(12)11-14(9-15)13-6-4-7-16-10-13/h4,6-7,10,12,14H,2-3,5,8-9,11,15H2,1H3. The van der Waals surface area contributed by atoms with E-state index in [1.165, 1.54) is 31.4 Å². The Balaban J connectivity index is 1.99. The third-order valence-electron chi connectivity index (χ3n) is 3.84. The molecular weight excluding hydrogens is 210 g/mol. The molecule has 1 aliphatic rings. The van der Waals surface area contributed by atoms with E-state index in [4.69, 9.17) is 5.73 Å². The normalized spacial score (nSPS) is 23.5. The summed E-state index contributed by atoms with van der Waals surface area (Å²) >= 11 is 0. The van der Waals surface area contributed by atoms with Crippen LogP contribution in [0.5, 0.6) is 0 Å². The number of likely N-dealkylation sites (tertiary alicyclic amines) is 1. The Morgan fingerprint density at radius 2 is 2.41 bits per heavy atom. The minimum Gasteiger partial charge on any atom is -0.330 e. The monoisotopic (exact) mass is 233 g/mol. The number of pyridine rings is 1. The zero-order valence-corrected chi connectivity index (χ0v) is 10.7. The van der Waals surface area contributed by atoms with Gasteiger partial charge in [-0.2, -0.15) is 0 Å². The predicted molar refractivity (Wildman–Crippen MR) is 70.9 cm³/mol. The SMILES string of the molecule is CC1CCCCN1CC(CN)c1cccnc1. The molecule has 94 valence electrons. The van der Waals surface area contributed by atoms with Gasteiger partial charge in [-0.05, 0) is 37.9 Å². The predicted octanol–water partition coefficient (Wildman–Crippen LogP) is 2.00. The quantitative estimate of drug-likeness (QED) is 0.865. The van der Waals surface area contributed by atoms with Crippen molar-refractivity contribution in [3.8, 4) is 0 Å². The van der Waals surface area contributed by atoms with Gasteiger partial charge in [0.15, 0.2) is 0 Å². The van der Waals surface area contributed by atoms with Gasteiger partial charge >= 0.3 is 0 Å². The molecule has 17 heavy (non-hydrogen) atoms. The Kier molecular flexibility index (Phi) is 4.51. The number of aromatic nitrogens is 1. The average molecular weight is 233 g/mol. The molecule has 3 nitrogen and oxygen atoms in total. The van der Waals surface area contributed by atoms with Gasteiger partial charge in [0, 0.05) is 37.4 Å². The molecule has 1 fully saturated rings. The summed E-state index contributed by atoms with van der Waals surface area (Å²) in [5.74, 6) is 0.421. The molecule has 2 unspecified atom stereocenters. The Morgan fingerprint density at radius 1 is 1.53 bits per heavy atom. The highest BCUT2D eigenvalue weighted by Gasteiger charge is 2.21. The second kappa shape index (κ2) is 6.12. The number of nitrogens with zero attached hydrogens (tertiary/aromatic N) is 2. The van der Waals surface area contributed by atoms with Crippen molar-refractivity contribution in [1.29, 1.82) is 0 Å². The molecule has 1 saturated heterocycles. The van der Waals surface area contributed by atoms with Crippen molar-refractivity contribution in [2.45, 2.75) is 38.1 Å². The lowest BCUT2D eigenvalue weighted by atomic mass is 9.97. The van der Waals surface area contributed by atoms with Crippen LogP contribution in [-0.2, 0) is 0 Å². The highest BCUT2D eigenvalue weighted by Crippen LogP contribution is 2.21. The van der Waals surface area contributed by atoms with Gasteiger partial charge in [-0.1, -0.05) is 12.5 Å². The molecule has 1 aliphatic heterocycles. The number of nitrogens with two attached hydrogens (primary N) is 1. The van der Waals surface area contributed by atoms with Crippen LogP contribution in [0.3, 0.4) is 0 Å². The van der Waals surface area contributed by atoms with Gasteiger partial charge in [-0.3, -0.25) is 4.98 Å². The third kappa shape index (κ3) is 3.27. The lowest BCUT2D eigenvalue weighted by Gasteiger charge is -2.35. The molecule has 0 bridgehead atoms. The zero-order valence-electron chi connectivity index (χ0n) is 10.7. The van der Waals surface area contributed by atoms with Gasteiger partial charge in [0.25, 0.3) is 0 Å². The minimum atomic E-state index is 0.421. The zero-order chi connectivity index (χ0) is 12.1. The first-order valence-electron chi connectivity index (χ1n) is 6.65. The molecule has 1 aromatic rings. The Morgan fingerprint density at radius 3 is 3.06 bits per heavy atom. The Labute approximate surface area is 104 Å². The molecule has 2 N–H and O–H groups in total. The minimum absolute atomic E-state index is 0.421. The van der Waals surface area contributed by atoms with Crippen molar-refractivity contribution < 1.29 is 0 Å². The maximum Gasteiger partial charge on any atom is 0.0303 e. The molecule has 0 aliphatic carbocycles. The number of hydrogen-bond donors (Lipinski definition) is 1. The summed E-state index contributed by atoms with van der Waals surface area (Å²) in [6.45, 7) is 5.33. The van der Waals surface area contributed by atoms with Crippen LogP contribution >= 0.6 is 0 Å². The van der Waals surface area contributed by atoms with Gasteiger partial charge in [-0.25, -0.2) is 0 Å². The molecule has 0 radical (unpaired) electrons. The molecule has 0 saturated carbocycles. The molecular formula is C14H23N3. The first kappa shape index (κ1) is 12.5. The van der Waals surface area contributed by atoms with Crippen molar-refractivity contribution in [1.82, 2.24) is 9.88 Å². The van der Waals surface area contributed by atoms with Gasteiger partial charge in [0.2, 0.25) is 0 Å². The van der Waals surface area contributed by atoms with Gasteiger partial charge < -0.3 is 10.6 Å². The Bertz CT molecular complexity index is 325. The van der Waals surface area contributed by atoms with E-state index in [1.54, 1.807) is 0 Å². The van der Waals surface area contributed by atoms with Crippen LogP contribution in [0.25, 0.3) is 0 Å². The lowest BCUT2D eigenvalue weighted by Crippen LogP contribution is -2.41. The van der Waals surface area contributed by atoms with Crippen molar-refractivity contribution in [3.63, 3.8) is 0 Å². The summed E-state index contributed by atoms with van der Waals surface area (Å²) < 4.78 is 0. The van der Waals surface area contributed by atoms with Crippen LogP contribution in [0.1, 0.15) is 37.7 Å². The summed E-state index contributed by atoms with van der Waals surface area (Å²) in [5.41, 5.74) is 7.18. The maximum absolute atomic E-state index is 5.91. The fraction of sp³-hybridized carbons (Fsp3) is 0.643. The van der Waals surface area contributed by atoms with Crippen molar-refractivity contribution >= 4 is 0 Å². The summed E-state index contributed by atoms with van der Waals surface area (Å²) in [5, 5.41) is 0. The van der Waals surface area contributed by atoms with Gasteiger partial charge in [0.1, 0.15) is 0 Å². The van der Waals surface area contributed by atoms with E-state index in [0.29, 0.717) is 18.5 Å². The Hall–Kier alpha value is -0.930. The number of rotatable bonds is 4. The van der Waals surface area contributed by atoms with Crippen molar-refractivity contribution in [3.05, 3.63) is 30.1 Å². The lowest BCUT2D eigenvalue weighted by molar-refractivity contribution is 0.151. The third-order valence-corrected chi connectivity index (χ3v) is 3.84. The van der Waals surface area contributed by atoms with Crippen molar-refractivity contribution in [2.24, 2.45) is 5.73 Å². The first-order chi connectivity index (χ1) is 8.31. The first-order valence-corrected chi connectivity index (χ1v) is 6.65. The van der Waals surface area contributed by atoms with E-state index in [0.717, 1.165) is 6.54 Å². The van der Waals surface area contributed by atoms with E-state index in [-0.39, 0.29) is 0 Å². The van der Waals surface area contributed by atoms with Crippen molar-refractivity contribution in [2.75, 3.05) is 19.6 Å². The fourth-order valence-corrected chi connectivity index (χ4v) is 2.65. The molecule has 2 heterocycles. The number of hydrogen-bond acceptors (Lipinski definition) is 3. The van der Waals surface area contributed by atoms with Crippen LogP contribution in [0.2, 0.25) is 0 Å². The van der Waals surface area contributed by atoms with E-state index < -0.39 is 0 Å². The molecule has 2 rings (SSSR count). The topological polar surface area (TPSA) is 42.1 Å². The number of piperidine rings is 1. The summed E-state index contributed by atoms with van der Waals surface area (Å²) in [4.78, 5) is 6.77. The summed E-state index contributed by atoms with van der Waals surface area (Å²) in [6.07, 6.45) is 7.80. The smallest absolute Gasteiger partial charge is 0.0303 e. The van der Waals surface area contributed by atoms with E-state index >= 15 is 0 Å². The molecule has 0 amide bonds. The summed E-state index contributed by atoms with van der Waals surface area (Å²) in [7, 11) is 0. The van der Waals surface area contributed by atoms with E-state index in [2.05, 4.69) is 22.9 Å². The maximum atomic E-state index is 5.91. The van der Waals surface area contributed by atoms with Gasteiger partial charge in [-0.15, -0.1) is 0 Å². The van der Waals surface area contributed by atoms with Crippen LogP contribution in [0.15, 0.2) is 24.5 Å². The highest BCUT2D eigenvalue weighted by molar-refractivity contribution is 5.15. The molecule has 3 heteroatoms. The largest absolute Gasteiger partial charge is 0.330 e. The van der Waals surface area contributed by atoms with E-state index in [9.17, 15) is 0 Å². The average Bonchev–Trinajstić information content (AvgIpc) is 2.39. The van der Waals surface area contributed by atoms with E-state index in [1.807, 2.05) is 18.5 Å². The molecule has 1 aromatic heterocycles. The van der Waals surface area contributed by atoms with Gasteiger partial charge in [0.05, 0.1) is 0 Å². The second-order valence-electron chi connectivity index (χ2n) is 5.06. The van der Waals surface area contributed by atoms with Crippen LogP contribution in [0.4, 0.5) is 0 Å².